The first-order chi connectivity index (χ1) is 8.63. The fourth-order valence-corrected chi connectivity index (χ4v) is 2.80. The van der Waals surface area contributed by atoms with E-state index < -0.39 is 36.8 Å². The lowest BCUT2D eigenvalue weighted by atomic mass is 10.3. The van der Waals surface area contributed by atoms with E-state index in [4.69, 9.17) is 5.11 Å². The summed E-state index contributed by atoms with van der Waals surface area (Å²) < 4.78 is 37.3. The number of carboxylic acids is 1. The van der Waals surface area contributed by atoms with Crippen LogP contribution in [0.5, 0.6) is 0 Å². The highest BCUT2D eigenvalue weighted by Gasteiger charge is 2.41. The van der Waals surface area contributed by atoms with Crippen LogP contribution < -0.4 is 0 Å². The van der Waals surface area contributed by atoms with Crippen molar-refractivity contribution in [2.24, 2.45) is 0 Å². The van der Waals surface area contributed by atoms with Gasteiger partial charge in [0.25, 0.3) is 0 Å². The summed E-state index contributed by atoms with van der Waals surface area (Å²) in [5, 5.41) is 8.94. The van der Waals surface area contributed by atoms with Crippen molar-refractivity contribution in [3.05, 3.63) is 0 Å². The molecule has 19 heavy (non-hydrogen) atoms. The third-order valence-corrected chi connectivity index (χ3v) is 3.64. The van der Waals surface area contributed by atoms with Gasteiger partial charge in [0.2, 0.25) is 0 Å². The minimum atomic E-state index is -4.51. The second-order valence-electron chi connectivity index (χ2n) is 4.44. The lowest BCUT2D eigenvalue weighted by Crippen LogP contribution is -2.53. The minimum absolute atomic E-state index is 0.0941. The number of rotatable bonds is 3. The van der Waals surface area contributed by atoms with E-state index in [1.807, 2.05) is 0 Å². The zero-order valence-corrected chi connectivity index (χ0v) is 11.3. The maximum Gasteiger partial charge on any atom is 0.406 e. The summed E-state index contributed by atoms with van der Waals surface area (Å²) in [4.78, 5) is 24.6. The molecule has 0 aromatic carbocycles. The maximum atomic E-state index is 12.4. The molecular formula is C10H15F3N2O3S. The van der Waals surface area contributed by atoms with E-state index in [2.05, 4.69) is 0 Å². The highest BCUT2D eigenvalue weighted by molar-refractivity contribution is 7.99. The molecule has 0 aromatic heterocycles. The fraction of sp³-hybridized carbons (Fsp3) is 0.800. The monoisotopic (exact) mass is 300 g/mol. The Bertz CT molecular complexity index is 362. The van der Waals surface area contributed by atoms with E-state index >= 15 is 0 Å². The van der Waals surface area contributed by atoms with E-state index in [0.717, 1.165) is 4.90 Å². The molecule has 0 bridgehead atoms. The number of nitrogens with zero attached hydrogens (tertiary/aromatic N) is 2. The highest BCUT2D eigenvalue weighted by Crippen LogP contribution is 2.25. The Balaban J connectivity index is 2.85. The minimum Gasteiger partial charge on any atom is -0.480 e. The van der Waals surface area contributed by atoms with Crippen LogP contribution in [0.3, 0.4) is 0 Å². The molecule has 1 atom stereocenters. The van der Waals surface area contributed by atoms with E-state index in [1.54, 1.807) is 0 Å². The average molecular weight is 300 g/mol. The third-order valence-electron chi connectivity index (χ3n) is 2.63. The fourth-order valence-electron chi connectivity index (χ4n) is 1.66. The second-order valence-corrected chi connectivity index (χ2v) is 5.44. The van der Waals surface area contributed by atoms with Crippen molar-refractivity contribution in [3.63, 3.8) is 0 Å². The molecule has 1 aliphatic heterocycles. The summed E-state index contributed by atoms with van der Waals surface area (Å²) in [6, 6.07) is -2.61. The van der Waals surface area contributed by atoms with Crippen molar-refractivity contribution in [1.29, 1.82) is 0 Å². The van der Waals surface area contributed by atoms with Gasteiger partial charge in [-0.05, 0) is 13.8 Å². The number of hydrogen-bond acceptors (Lipinski definition) is 3. The molecule has 5 nitrogen and oxygen atoms in total. The van der Waals surface area contributed by atoms with Crippen LogP contribution in [0.15, 0.2) is 0 Å². The predicted octanol–water partition coefficient (Wildman–Crippen LogP) is 1.84. The Morgan fingerprint density at radius 1 is 1.47 bits per heavy atom. The summed E-state index contributed by atoms with van der Waals surface area (Å²) in [6.07, 6.45) is -4.51. The smallest absolute Gasteiger partial charge is 0.406 e. The molecule has 0 aromatic rings. The van der Waals surface area contributed by atoms with Crippen molar-refractivity contribution in [2.45, 2.75) is 32.1 Å². The van der Waals surface area contributed by atoms with E-state index in [-0.39, 0.29) is 11.6 Å². The summed E-state index contributed by atoms with van der Waals surface area (Å²) >= 11 is 1.21. The maximum absolute atomic E-state index is 12.4. The zero-order valence-electron chi connectivity index (χ0n) is 10.5. The van der Waals surface area contributed by atoms with Gasteiger partial charge in [-0.1, -0.05) is 0 Å². The van der Waals surface area contributed by atoms with E-state index in [1.165, 1.54) is 25.6 Å². The number of carbonyl (C=O) groups excluding carboxylic acids is 1. The van der Waals surface area contributed by atoms with Gasteiger partial charge in [0, 0.05) is 11.8 Å². The molecule has 2 amide bonds. The number of hydrogen-bond donors (Lipinski definition) is 1. The summed E-state index contributed by atoms with van der Waals surface area (Å²) in [7, 11) is 0. The van der Waals surface area contributed by atoms with Crippen molar-refractivity contribution in [1.82, 2.24) is 9.80 Å². The standard InChI is InChI=1S/C10H15F3N2O3S/c1-6(2)14(4-10(11,12)13)9(18)15-5-19-3-7(15)8(16)17/h6-7H,3-5H2,1-2H3,(H,16,17). The van der Waals surface area contributed by atoms with Crippen molar-refractivity contribution < 1.29 is 27.9 Å². The summed E-state index contributed by atoms with van der Waals surface area (Å²) in [6.45, 7) is 1.54. The van der Waals surface area contributed by atoms with Crippen LogP contribution in [0.25, 0.3) is 0 Å². The second kappa shape index (κ2) is 5.89. The molecule has 0 spiro atoms. The Labute approximate surface area is 112 Å². The van der Waals surface area contributed by atoms with Gasteiger partial charge in [0.05, 0.1) is 5.88 Å². The van der Waals surface area contributed by atoms with Gasteiger partial charge >= 0.3 is 18.2 Å². The number of thioether (sulfide) groups is 1. The molecule has 0 aliphatic carbocycles. The Morgan fingerprint density at radius 3 is 2.47 bits per heavy atom. The molecule has 9 heteroatoms. The van der Waals surface area contributed by atoms with Crippen LogP contribution in [-0.2, 0) is 4.79 Å². The SMILES string of the molecule is CC(C)N(CC(F)(F)F)C(=O)N1CSCC1C(=O)O. The zero-order chi connectivity index (χ0) is 14.8. The number of aliphatic carboxylic acids is 1. The lowest BCUT2D eigenvalue weighted by Gasteiger charge is -2.33. The molecule has 1 fully saturated rings. The van der Waals surface area contributed by atoms with Crippen LogP contribution >= 0.6 is 11.8 Å². The Hall–Kier alpha value is -1.12. The topological polar surface area (TPSA) is 60.9 Å². The molecule has 0 saturated carbocycles. The first-order valence-corrected chi connectivity index (χ1v) is 6.73. The van der Waals surface area contributed by atoms with Crippen LogP contribution in [0, 0.1) is 0 Å². The Kier molecular flexibility index (Phi) is 4.94. The van der Waals surface area contributed by atoms with Crippen LogP contribution in [-0.4, -0.2) is 63.3 Å². The van der Waals surface area contributed by atoms with Crippen LogP contribution in [0.4, 0.5) is 18.0 Å². The van der Waals surface area contributed by atoms with Crippen molar-refractivity contribution in [3.8, 4) is 0 Å². The number of urea groups is 1. The number of halogens is 3. The van der Waals surface area contributed by atoms with E-state index in [0.29, 0.717) is 4.90 Å². The van der Waals surface area contributed by atoms with Gasteiger partial charge in [-0.25, -0.2) is 9.59 Å². The number of carboxylic acid groups (broad SMARTS) is 1. The molecule has 1 saturated heterocycles. The molecule has 1 N–H and O–H groups in total. The quantitative estimate of drug-likeness (QED) is 0.864. The lowest BCUT2D eigenvalue weighted by molar-refractivity contribution is -0.145. The third kappa shape index (κ3) is 4.19. The molecule has 1 rings (SSSR count). The highest BCUT2D eigenvalue weighted by atomic mass is 32.2. The first-order valence-electron chi connectivity index (χ1n) is 5.58. The van der Waals surface area contributed by atoms with Gasteiger partial charge in [0.1, 0.15) is 12.6 Å². The number of alkyl halides is 3. The van der Waals surface area contributed by atoms with Gasteiger partial charge in [-0.2, -0.15) is 13.2 Å². The van der Waals surface area contributed by atoms with Crippen molar-refractivity contribution in [2.75, 3.05) is 18.2 Å². The molecule has 1 heterocycles. The normalized spacial score (nSPS) is 19.9. The molecule has 1 aliphatic rings. The summed E-state index contributed by atoms with van der Waals surface area (Å²) in [5.41, 5.74) is 0. The van der Waals surface area contributed by atoms with Crippen molar-refractivity contribution >= 4 is 23.8 Å². The molecule has 110 valence electrons. The average Bonchev–Trinajstić information content (AvgIpc) is 2.72. The molecule has 1 unspecified atom stereocenters. The van der Waals surface area contributed by atoms with Gasteiger partial charge < -0.3 is 14.9 Å². The summed E-state index contributed by atoms with van der Waals surface area (Å²) in [5.74, 6) is -0.912. The molecule has 0 radical (unpaired) electrons. The van der Waals surface area contributed by atoms with Crippen LogP contribution in [0.2, 0.25) is 0 Å². The Morgan fingerprint density at radius 2 is 2.05 bits per heavy atom. The molecular weight excluding hydrogens is 285 g/mol. The number of carbonyl (C=O) groups is 2. The number of amides is 2. The predicted molar refractivity (Wildman–Crippen MR) is 63.9 cm³/mol. The van der Waals surface area contributed by atoms with Gasteiger partial charge in [-0.3, -0.25) is 0 Å². The van der Waals surface area contributed by atoms with E-state index in [9.17, 15) is 22.8 Å². The van der Waals surface area contributed by atoms with Gasteiger partial charge in [-0.15, -0.1) is 11.8 Å². The van der Waals surface area contributed by atoms with Crippen LogP contribution in [0.1, 0.15) is 13.8 Å². The first kappa shape index (κ1) is 15.9. The largest absolute Gasteiger partial charge is 0.480 e. The van der Waals surface area contributed by atoms with Gasteiger partial charge in [0.15, 0.2) is 0 Å².